The van der Waals surface area contributed by atoms with Crippen LogP contribution >= 0.6 is 15.9 Å². The number of nitrogens with zero attached hydrogens (tertiary/aromatic N) is 2. The number of hydrogen-bond acceptors (Lipinski definition) is 3. The zero-order valence-corrected chi connectivity index (χ0v) is 13.5. The standard InChI is InChI=1S/C15H24BrN3/c1-13(14-3-5-15(16)6-4-14)17-7-8-19-11-9-18(2)10-12-19/h3-6,13,17H,7-12H2,1-2H3/t13-/m0/s1. The van der Waals surface area contributed by atoms with E-state index in [-0.39, 0.29) is 0 Å². The van der Waals surface area contributed by atoms with Gasteiger partial charge >= 0.3 is 0 Å². The smallest absolute Gasteiger partial charge is 0.0292 e. The van der Waals surface area contributed by atoms with Gasteiger partial charge in [-0.25, -0.2) is 0 Å². The molecular formula is C15H24BrN3. The van der Waals surface area contributed by atoms with Crippen LogP contribution in [0, 0.1) is 0 Å². The lowest BCUT2D eigenvalue weighted by molar-refractivity contribution is 0.154. The fraction of sp³-hybridized carbons (Fsp3) is 0.600. The number of likely N-dealkylation sites (N-methyl/N-ethyl adjacent to an activating group) is 1. The zero-order chi connectivity index (χ0) is 13.7. The maximum Gasteiger partial charge on any atom is 0.0292 e. The number of piperazine rings is 1. The van der Waals surface area contributed by atoms with E-state index >= 15 is 0 Å². The minimum atomic E-state index is 0.417. The van der Waals surface area contributed by atoms with Crippen LogP contribution in [0.3, 0.4) is 0 Å². The Hall–Kier alpha value is -0.420. The third-order valence-electron chi connectivity index (χ3n) is 3.84. The van der Waals surface area contributed by atoms with Gasteiger partial charge in [-0.2, -0.15) is 0 Å². The van der Waals surface area contributed by atoms with Gasteiger partial charge in [-0.15, -0.1) is 0 Å². The summed E-state index contributed by atoms with van der Waals surface area (Å²) >= 11 is 3.47. The van der Waals surface area contributed by atoms with Crippen molar-refractivity contribution in [1.29, 1.82) is 0 Å². The van der Waals surface area contributed by atoms with Crippen molar-refractivity contribution in [3.05, 3.63) is 34.3 Å². The Morgan fingerprint density at radius 3 is 2.42 bits per heavy atom. The van der Waals surface area contributed by atoms with Gasteiger partial charge in [-0.1, -0.05) is 28.1 Å². The Labute approximate surface area is 125 Å². The van der Waals surface area contributed by atoms with Crippen molar-refractivity contribution < 1.29 is 0 Å². The highest BCUT2D eigenvalue weighted by Crippen LogP contribution is 2.16. The summed E-state index contributed by atoms with van der Waals surface area (Å²) in [6.07, 6.45) is 0. The summed E-state index contributed by atoms with van der Waals surface area (Å²) in [7, 11) is 2.20. The maximum absolute atomic E-state index is 3.61. The van der Waals surface area contributed by atoms with Crippen LogP contribution < -0.4 is 5.32 Å². The van der Waals surface area contributed by atoms with Gasteiger partial charge in [0.25, 0.3) is 0 Å². The molecule has 1 N–H and O–H groups in total. The van der Waals surface area contributed by atoms with E-state index in [2.05, 4.69) is 69.3 Å². The Balaban J connectivity index is 1.69. The van der Waals surface area contributed by atoms with E-state index in [0.717, 1.165) is 17.6 Å². The van der Waals surface area contributed by atoms with Crippen molar-refractivity contribution in [2.75, 3.05) is 46.3 Å². The third-order valence-corrected chi connectivity index (χ3v) is 4.37. The SMILES string of the molecule is C[C@H](NCCN1CCN(C)CC1)c1ccc(Br)cc1. The fourth-order valence-corrected chi connectivity index (χ4v) is 2.64. The zero-order valence-electron chi connectivity index (χ0n) is 11.9. The molecular weight excluding hydrogens is 302 g/mol. The van der Waals surface area contributed by atoms with Crippen LogP contribution in [0.4, 0.5) is 0 Å². The van der Waals surface area contributed by atoms with E-state index in [1.807, 2.05) is 0 Å². The van der Waals surface area contributed by atoms with Gasteiger partial charge in [0, 0.05) is 49.8 Å². The Morgan fingerprint density at radius 2 is 1.79 bits per heavy atom. The molecule has 0 amide bonds. The molecule has 0 bridgehead atoms. The van der Waals surface area contributed by atoms with Crippen molar-refractivity contribution in [2.24, 2.45) is 0 Å². The lowest BCUT2D eigenvalue weighted by Crippen LogP contribution is -2.46. The Kier molecular flexibility index (Phi) is 5.82. The number of nitrogens with one attached hydrogen (secondary N) is 1. The molecule has 19 heavy (non-hydrogen) atoms. The quantitative estimate of drug-likeness (QED) is 0.896. The van der Waals surface area contributed by atoms with E-state index in [0.29, 0.717) is 6.04 Å². The lowest BCUT2D eigenvalue weighted by Gasteiger charge is -2.32. The second kappa shape index (κ2) is 7.39. The fourth-order valence-electron chi connectivity index (χ4n) is 2.38. The molecule has 0 aromatic heterocycles. The van der Waals surface area contributed by atoms with E-state index in [9.17, 15) is 0 Å². The van der Waals surface area contributed by atoms with E-state index in [1.165, 1.54) is 31.7 Å². The second-order valence-corrected chi connectivity index (χ2v) is 6.29. The average Bonchev–Trinajstić information content (AvgIpc) is 2.41. The second-order valence-electron chi connectivity index (χ2n) is 5.37. The third kappa shape index (κ3) is 4.88. The molecule has 1 saturated heterocycles. The molecule has 1 fully saturated rings. The highest BCUT2D eigenvalue weighted by Gasteiger charge is 2.13. The molecule has 0 saturated carbocycles. The van der Waals surface area contributed by atoms with Crippen molar-refractivity contribution >= 4 is 15.9 Å². The Bertz CT molecular complexity index is 371. The first kappa shape index (κ1) is 15.0. The summed E-state index contributed by atoms with van der Waals surface area (Å²) in [6, 6.07) is 8.98. The predicted molar refractivity (Wildman–Crippen MR) is 84.5 cm³/mol. The van der Waals surface area contributed by atoms with Crippen LogP contribution in [0.2, 0.25) is 0 Å². The molecule has 1 aromatic carbocycles. The van der Waals surface area contributed by atoms with Gasteiger partial charge < -0.3 is 10.2 Å². The lowest BCUT2D eigenvalue weighted by atomic mass is 10.1. The minimum Gasteiger partial charge on any atom is -0.309 e. The summed E-state index contributed by atoms with van der Waals surface area (Å²) in [5, 5.41) is 3.61. The summed E-state index contributed by atoms with van der Waals surface area (Å²) in [5.74, 6) is 0. The highest BCUT2D eigenvalue weighted by atomic mass is 79.9. The van der Waals surface area contributed by atoms with E-state index < -0.39 is 0 Å². The number of rotatable bonds is 5. The molecule has 1 aliphatic rings. The van der Waals surface area contributed by atoms with Crippen LogP contribution in [0.25, 0.3) is 0 Å². The molecule has 4 heteroatoms. The molecule has 0 aliphatic carbocycles. The number of hydrogen-bond donors (Lipinski definition) is 1. The highest BCUT2D eigenvalue weighted by molar-refractivity contribution is 9.10. The van der Waals surface area contributed by atoms with Crippen molar-refractivity contribution in [3.8, 4) is 0 Å². The summed E-state index contributed by atoms with van der Waals surface area (Å²) < 4.78 is 1.14. The normalized spacial score (nSPS) is 19.5. The molecule has 1 heterocycles. The molecule has 1 aromatic rings. The largest absolute Gasteiger partial charge is 0.309 e. The van der Waals surface area contributed by atoms with Gasteiger partial charge in [0.2, 0.25) is 0 Å². The maximum atomic E-state index is 3.61. The van der Waals surface area contributed by atoms with Gasteiger partial charge in [-0.3, -0.25) is 4.90 Å². The molecule has 0 unspecified atom stereocenters. The van der Waals surface area contributed by atoms with E-state index in [4.69, 9.17) is 0 Å². The summed E-state index contributed by atoms with van der Waals surface area (Å²) in [5.41, 5.74) is 1.35. The van der Waals surface area contributed by atoms with Gasteiger partial charge in [-0.05, 0) is 31.7 Å². The molecule has 3 nitrogen and oxygen atoms in total. The molecule has 2 rings (SSSR count). The predicted octanol–water partition coefficient (Wildman–Crippen LogP) is 2.35. The molecule has 1 atom stereocenters. The van der Waals surface area contributed by atoms with E-state index in [1.54, 1.807) is 0 Å². The van der Waals surface area contributed by atoms with Crippen LogP contribution in [-0.2, 0) is 0 Å². The molecule has 106 valence electrons. The molecule has 0 spiro atoms. The number of halogens is 1. The van der Waals surface area contributed by atoms with Gasteiger partial charge in [0.05, 0.1) is 0 Å². The van der Waals surface area contributed by atoms with Crippen molar-refractivity contribution in [1.82, 2.24) is 15.1 Å². The average molecular weight is 326 g/mol. The first-order chi connectivity index (χ1) is 9.15. The minimum absolute atomic E-state index is 0.417. The van der Waals surface area contributed by atoms with Crippen LogP contribution in [0.1, 0.15) is 18.5 Å². The number of benzene rings is 1. The van der Waals surface area contributed by atoms with Gasteiger partial charge in [0.1, 0.15) is 0 Å². The molecule has 0 radical (unpaired) electrons. The first-order valence-corrected chi connectivity index (χ1v) is 7.84. The monoisotopic (exact) mass is 325 g/mol. The van der Waals surface area contributed by atoms with Crippen LogP contribution in [0.15, 0.2) is 28.7 Å². The topological polar surface area (TPSA) is 18.5 Å². The van der Waals surface area contributed by atoms with Gasteiger partial charge in [0.15, 0.2) is 0 Å². The Morgan fingerprint density at radius 1 is 1.16 bits per heavy atom. The van der Waals surface area contributed by atoms with Crippen molar-refractivity contribution in [2.45, 2.75) is 13.0 Å². The van der Waals surface area contributed by atoms with Crippen LogP contribution in [-0.4, -0.2) is 56.1 Å². The first-order valence-electron chi connectivity index (χ1n) is 7.05. The van der Waals surface area contributed by atoms with Crippen LogP contribution in [0.5, 0.6) is 0 Å². The summed E-state index contributed by atoms with van der Waals surface area (Å²) in [6.45, 7) is 9.23. The molecule has 1 aliphatic heterocycles. The van der Waals surface area contributed by atoms with Crippen molar-refractivity contribution in [3.63, 3.8) is 0 Å². The summed E-state index contributed by atoms with van der Waals surface area (Å²) in [4.78, 5) is 4.94.